The Morgan fingerprint density at radius 3 is 2.50 bits per heavy atom. The van der Waals surface area contributed by atoms with Crippen LogP contribution >= 0.6 is 0 Å². The molecule has 3 aliphatic rings. The number of carbonyl (C=O) groups is 3. The standard InChI is InChI=1S/C18H15N3O7/c22-14(23)8-28-13-4-1-9(5-12(13)21(26)27)7-19-20-17(24)15-10-2-3-11(6-10)16(15)18(20)25/h1-5,7,10-11,15-16H,6,8H2,(H,22,23)/t10-,11-,15-,16+/m0/s1. The Morgan fingerprint density at radius 2 is 1.93 bits per heavy atom. The molecule has 2 bridgehead atoms. The van der Waals surface area contributed by atoms with Gasteiger partial charge in [-0.25, -0.2) is 4.79 Å². The summed E-state index contributed by atoms with van der Waals surface area (Å²) in [4.78, 5) is 46.2. The van der Waals surface area contributed by atoms with Gasteiger partial charge in [-0.2, -0.15) is 10.1 Å². The molecule has 1 aromatic carbocycles. The van der Waals surface area contributed by atoms with Gasteiger partial charge in [0.05, 0.1) is 23.0 Å². The van der Waals surface area contributed by atoms with E-state index in [0.29, 0.717) is 0 Å². The second kappa shape index (κ2) is 6.55. The predicted octanol–water partition coefficient (Wildman–Crippen LogP) is 1.20. The van der Waals surface area contributed by atoms with Gasteiger partial charge in [-0.1, -0.05) is 12.2 Å². The third-order valence-electron chi connectivity index (χ3n) is 5.30. The van der Waals surface area contributed by atoms with E-state index in [4.69, 9.17) is 9.84 Å². The van der Waals surface area contributed by atoms with E-state index in [0.717, 1.165) is 17.5 Å². The Labute approximate surface area is 158 Å². The van der Waals surface area contributed by atoms with Crippen LogP contribution in [0.25, 0.3) is 0 Å². The molecule has 0 radical (unpaired) electrons. The van der Waals surface area contributed by atoms with Crippen molar-refractivity contribution < 1.29 is 29.2 Å². The molecule has 1 aromatic rings. The first-order valence-electron chi connectivity index (χ1n) is 8.60. The van der Waals surface area contributed by atoms with E-state index in [2.05, 4.69) is 5.10 Å². The Morgan fingerprint density at radius 1 is 1.29 bits per heavy atom. The van der Waals surface area contributed by atoms with Crippen LogP contribution in [0.4, 0.5) is 5.69 Å². The van der Waals surface area contributed by atoms with Crippen LogP contribution in [-0.4, -0.2) is 45.6 Å². The van der Waals surface area contributed by atoms with Crippen molar-refractivity contribution in [3.8, 4) is 5.75 Å². The van der Waals surface area contributed by atoms with Gasteiger partial charge in [-0.3, -0.25) is 19.7 Å². The number of fused-ring (bicyclic) bond motifs is 5. The third kappa shape index (κ3) is 2.82. The number of aliphatic carboxylic acids is 1. The number of ether oxygens (including phenoxy) is 1. The normalized spacial score (nSPS) is 27.6. The van der Waals surface area contributed by atoms with Gasteiger partial charge in [0.25, 0.3) is 11.8 Å². The molecule has 28 heavy (non-hydrogen) atoms. The molecule has 2 aliphatic carbocycles. The fraction of sp³-hybridized carbons (Fsp3) is 0.333. The number of carbonyl (C=O) groups excluding carboxylic acids is 2. The van der Waals surface area contributed by atoms with Crippen LogP contribution in [0.5, 0.6) is 5.75 Å². The van der Waals surface area contributed by atoms with Crippen LogP contribution in [0.1, 0.15) is 12.0 Å². The van der Waals surface area contributed by atoms with E-state index in [1.807, 2.05) is 12.2 Å². The van der Waals surface area contributed by atoms with Gasteiger partial charge < -0.3 is 9.84 Å². The number of carboxylic acids is 1. The van der Waals surface area contributed by atoms with Crippen molar-refractivity contribution in [3.63, 3.8) is 0 Å². The minimum atomic E-state index is -1.26. The number of hydrogen-bond acceptors (Lipinski definition) is 7. The average molecular weight is 385 g/mol. The van der Waals surface area contributed by atoms with Gasteiger partial charge in [0.2, 0.25) is 0 Å². The largest absolute Gasteiger partial charge is 0.479 e. The highest BCUT2D eigenvalue weighted by molar-refractivity contribution is 6.06. The molecular formula is C18H15N3O7. The van der Waals surface area contributed by atoms with Gasteiger partial charge in [0.15, 0.2) is 12.4 Å². The SMILES string of the molecule is O=C(O)COc1ccc(C=NN2C(=O)[C@@H]3[C@H](C2=O)[C@H]2C=C[C@H]3C2)cc1[N+](=O)[O-]. The molecule has 0 aromatic heterocycles. The van der Waals surface area contributed by atoms with Crippen molar-refractivity contribution in [2.45, 2.75) is 6.42 Å². The van der Waals surface area contributed by atoms with Crippen molar-refractivity contribution in [1.82, 2.24) is 5.01 Å². The van der Waals surface area contributed by atoms with E-state index in [1.54, 1.807) is 0 Å². The average Bonchev–Trinajstić information content (AvgIpc) is 3.33. The second-order valence-corrected chi connectivity index (χ2v) is 6.90. The summed E-state index contributed by atoms with van der Waals surface area (Å²) >= 11 is 0. The molecule has 0 unspecified atom stereocenters. The minimum Gasteiger partial charge on any atom is -0.479 e. The maximum Gasteiger partial charge on any atom is 0.341 e. The van der Waals surface area contributed by atoms with Crippen LogP contribution in [0.15, 0.2) is 35.5 Å². The first-order chi connectivity index (χ1) is 13.4. The lowest BCUT2D eigenvalue weighted by molar-refractivity contribution is -0.385. The maximum atomic E-state index is 12.6. The van der Waals surface area contributed by atoms with Crippen molar-refractivity contribution in [2.24, 2.45) is 28.8 Å². The van der Waals surface area contributed by atoms with Gasteiger partial charge in [-0.05, 0) is 30.4 Å². The molecule has 4 rings (SSSR count). The predicted molar refractivity (Wildman–Crippen MR) is 93.4 cm³/mol. The summed E-state index contributed by atoms with van der Waals surface area (Å²) in [5, 5.41) is 24.6. The zero-order chi connectivity index (χ0) is 20.0. The lowest BCUT2D eigenvalue weighted by Crippen LogP contribution is -2.28. The number of nitro groups is 1. The number of rotatable bonds is 6. The van der Waals surface area contributed by atoms with E-state index in [9.17, 15) is 24.5 Å². The van der Waals surface area contributed by atoms with Crippen LogP contribution in [0.3, 0.4) is 0 Å². The summed E-state index contributed by atoms with van der Waals surface area (Å²) < 4.78 is 4.90. The number of carboxylic acid groups (broad SMARTS) is 1. The lowest BCUT2D eigenvalue weighted by Gasteiger charge is -2.13. The first kappa shape index (κ1) is 17.8. The summed E-state index contributed by atoms with van der Waals surface area (Å²) in [6.07, 6.45) is 5.96. The minimum absolute atomic E-state index is 0.0680. The first-order valence-corrected chi connectivity index (χ1v) is 8.60. The van der Waals surface area contributed by atoms with Crippen molar-refractivity contribution in [2.75, 3.05) is 6.61 Å². The number of benzene rings is 1. The zero-order valence-corrected chi connectivity index (χ0v) is 14.4. The zero-order valence-electron chi connectivity index (χ0n) is 14.4. The molecule has 0 spiro atoms. The smallest absolute Gasteiger partial charge is 0.341 e. The molecule has 10 nitrogen and oxygen atoms in total. The van der Waals surface area contributed by atoms with Gasteiger partial charge >= 0.3 is 11.7 Å². The molecule has 1 heterocycles. The second-order valence-electron chi connectivity index (χ2n) is 6.90. The van der Waals surface area contributed by atoms with Crippen molar-refractivity contribution >= 4 is 29.7 Å². The van der Waals surface area contributed by atoms with Crippen LogP contribution in [0, 0.1) is 33.8 Å². The molecule has 2 amide bonds. The Kier molecular flexibility index (Phi) is 4.17. The van der Waals surface area contributed by atoms with Crippen LogP contribution < -0.4 is 4.74 Å². The van der Waals surface area contributed by atoms with E-state index >= 15 is 0 Å². The number of amides is 2. The van der Waals surface area contributed by atoms with Gasteiger partial charge in [-0.15, -0.1) is 0 Å². The summed E-state index contributed by atoms with van der Waals surface area (Å²) in [5.41, 5.74) is -0.170. The molecular weight excluding hydrogens is 370 g/mol. The van der Waals surface area contributed by atoms with E-state index in [-0.39, 0.29) is 46.8 Å². The number of allylic oxidation sites excluding steroid dienone is 2. The number of nitro benzene ring substituents is 1. The highest BCUT2D eigenvalue weighted by atomic mass is 16.6. The van der Waals surface area contributed by atoms with Gasteiger partial charge in [0.1, 0.15) is 0 Å². The number of imide groups is 1. The third-order valence-corrected chi connectivity index (χ3v) is 5.30. The summed E-state index contributed by atoms with van der Waals surface area (Å²) in [5.74, 6) is -2.77. The molecule has 1 N–H and O–H groups in total. The Bertz CT molecular complexity index is 924. The van der Waals surface area contributed by atoms with Crippen LogP contribution in [-0.2, 0) is 14.4 Å². The molecule has 2 fully saturated rings. The Balaban J connectivity index is 1.54. The molecule has 1 saturated heterocycles. The topological polar surface area (TPSA) is 139 Å². The lowest BCUT2D eigenvalue weighted by atomic mass is 9.85. The van der Waals surface area contributed by atoms with Gasteiger partial charge in [0, 0.05) is 11.6 Å². The highest BCUT2D eigenvalue weighted by Crippen LogP contribution is 2.52. The molecule has 144 valence electrons. The van der Waals surface area contributed by atoms with Crippen LogP contribution in [0.2, 0.25) is 0 Å². The van der Waals surface area contributed by atoms with Crippen molar-refractivity contribution in [1.29, 1.82) is 0 Å². The molecule has 10 heteroatoms. The maximum absolute atomic E-state index is 12.6. The number of hydrazone groups is 1. The van der Waals surface area contributed by atoms with E-state index < -0.39 is 23.2 Å². The monoisotopic (exact) mass is 385 g/mol. The number of hydrogen-bond donors (Lipinski definition) is 1. The fourth-order valence-corrected chi connectivity index (χ4v) is 4.14. The van der Waals surface area contributed by atoms with E-state index in [1.165, 1.54) is 18.3 Å². The summed E-state index contributed by atoms with van der Waals surface area (Å²) in [7, 11) is 0. The number of nitrogens with zero attached hydrogens (tertiary/aromatic N) is 3. The molecule has 4 atom stereocenters. The van der Waals surface area contributed by atoms with Crippen molar-refractivity contribution in [3.05, 3.63) is 46.0 Å². The summed E-state index contributed by atoms with van der Waals surface area (Å²) in [6.45, 7) is -0.718. The fourth-order valence-electron chi connectivity index (χ4n) is 4.14. The molecule has 1 saturated carbocycles. The Hall–Kier alpha value is -3.56. The highest BCUT2D eigenvalue weighted by Gasteiger charge is 2.59. The molecule has 1 aliphatic heterocycles. The summed E-state index contributed by atoms with van der Waals surface area (Å²) in [6, 6.07) is 3.80. The quantitative estimate of drug-likeness (QED) is 0.255.